The molecule has 1 saturated heterocycles. The number of carbonyl (C=O) groups is 1. The lowest BCUT2D eigenvalue weighted by molar-refractivity contribution is 0.0740. The lowest BCUT2D eigenvalue weighted by Crippen LogP contribution is -2.29. The van der Waals surface area contributed by atoms with Crippen molar-refractivity contribution >= 4 is 17.2 Å². The summed E-state index contributed by atoms with van der Waals surface area (Å²) >= 11 is 1.62. The van der Waals surface area contributed by atoms with E-state index in [0.29, 0.717) is 0 Å². The van der Waals surface area contributed by atoms with Gasteiger partial charge >= 0.3 is 0 Å². The standard InChI is InChI=1S/C16H21N3OS/c1-4-12-8-15(21-11(12)2)16(20)19-7-5-6-14(19)13-9-17-18(3)10-13/h8-10,14H,4-7H2,1-3H3/t14-/m1/s1. The molecular weight excluding hydrogens is 282 g/mol. The number of likely N-dealkylation sites (tertiary alicyclic amines) is 1. The fourth-order valence-electron chi connectivity index (χ4n) is 3.09. The highest BCUT2D eigenvalue weighted by Crippen LogP contribution is 2.34. The molecule has 0 spiro atoms. The highest BCUT2D eigenvalue weighted by atomic mass is 32.1. The first-order valence-electron chi connectivity index (χ1n) is 7.49. The van der Waals surface area contributed by atoms with E-state index in [9.17, 15) is 4.79 Å². The van der Waals surface area contributed by atoms with Crippen LogP contribution < -0.4 is 0 Å². The molecule has 0 radical (unpaired) electrons. The highest BCUT2D eigenvalue weighted by Gasteiger charge is 2.32. The minimum Gasteiger partial charge on any atom is -0.331 e. The molecule has 0 aliphatic carbocycles. The molecule has 112 valence electrons. The number of aryl methyl sites for hydroxylation is 3. The lowest BCUT2D eigenvalue weighted by atomic mass is 10.1. The highest BCUT2D eigenvalue weighted by molar-refractivity contribution is 7.14. The van der Waals surface area contributed by atoms with Gasteiger partial charge in [0.2, 0.25) is 0 Å². The van der Waals surface area contributed by atoms with Crippen LogP contribution in [0.5, 0.6) is 0 Å². The fourth-order valence-corrected chi connectivity index (χ4v) is 4.16. The van der Waals surface area contributed by atoms with Gasteiger partial charge in [-0.1, -0.05) is 6.92 Å². The SMILES string of the molecule is CCc1cc(C(=O)N2CCC[C@@H]2c2cnn(C)c2)sc1C. The predicted molar refractivity (Wildman–Crippen MR) is 84.7 cm³/mol. The molecule has 0 bridgehead atoms. The van der Waals surface area contributed by atoms with E-state index in [1.807, 2.05) is 24.3 Å². The second-order valence-electron chi connectivity index (χ2n) is 5.65. The fraction of sp³-hybridized carbons (Fsp3) is 0.500. The molecule has 3 rings (SSSR count). The maximum atomic E-state index is 12.8. The van der Waals surface area contributed by atoms with E-state index in [4.69, 9.17) is 0 Å². The molecule has 21 heavy (non-hydrogen) atoms. The average Bonchev–Trinajstić information content (AvgIpc) is 3.16. The van der Waals surface area contributed by atoms with Crippen LogP contribution in [0.1, 0.15) is 51.5 Å². The van der Waals surface area contributed by atoms with Gasteiger partial charge in [-0.05, 0) is 37.8 Å². The summed E-state index contributed by atoms with van der Waals surface area (Å²) in [6.07, 6.45) is 6.99. The summed E-state index contributed by atoms with van der Waals surface area (Å²) in [7, 11) is 1.92. The van der Waals surface area contributed by atoms with Crippen LogP contribution in [-0.4, -0.2) is 27.1 Å². The summed E-state index contributed by atoms with van der Waals surface area (Å²) in [6, 6.07) is 2.25. The first-order chi connectivity index (χ1) is 10.1. The number of nitrogens with zero attached hydrogens (tertiary/aromatic N) is 3. The second-order valence-corrected chi connectivity index (χ2v) is 6.91. The zero-order valence-electron chi connectivity index (χ0n) is 12.8. The molecule has 1 amide bonds. The Hall–Kier alpha value is -1.62. The van der Waals surface area contributed by atoms with Crippen LogP contribution in [0.25, 0.3) is 0 Å². The minimum atomic E-state index is 0.175. The van der Waals surface area contributed by atoms with Gasteiger partial charge in [0.1, 0.15) is 0 Å². The molecule has 0 saturated carbocycles. The van der Waals surface area contributed by atoms with Crippen LogP contribution in [0, 0.1) is 6.92 Å². The summed E-state index contributed by atoms with van der Waals surface area (Å²) < 4.78 is 1.81. The van der Waals surface area contributed by atoms with Crippen molar-refractivity contribution in [1.29, 1.82) is 0 Å². The van der Waals surface area contributed by atoms with Crippen LogP contribution in [0.2, 0.25) is 0 Å². The van der Waals surface area contributed by atoms with Gasteiger partial charge in [0.05, 0.1) is 17.1 Å². The van der Waals surface area contributed by atoms with Crippen molar-refractivity contribution in [3.8, 4) is 0 Å². The average molecular weight is 303 g/mol. The molecule has 3 heterocycles. The second kappa shape index (κ2) is 5.64. The zero-order chi connectivity index (χ0) is 15.0. The maximum Gasteiger partial charge on any atom is 0.264 e. The smallest absolute Gasteiger partial charge is 0.264 e. The Morgan fingerprint density at radius 2 is 2.33 bits per heavy atom. The first kappa shape index (κ1) is 14.3. The summed E-state index contributed by atoms with van der Waals surface area (Å²) in [6.45, 7) is 5.08. The third-order valence-electron chi connectivity index (χ3n) is 4.24. The molecule has 0 unspecified atom stereocenters. The topological polar surface area (TPSA) is 38.1 Å². The molecule has 2 aromatic rings. The normalized spacial score (nSPS) is 18.4. The first-order valence-corrected chi connectivity index (χ1v) is 8.30. The van der Waals surface area contributed by atoms with E-state index in [2.05, 4.69) is 25.0 Å². The quantitative estimate of drug-likeness (QED) is 0.872. The van der Waals surface area contributed by atoms with Gasteiger partial charge in [0.15, 0.2) is 0 Å². The minimum absolute atomic E-state index is 0.175. The van der Waals surface area contributed by atoms with Gasteiger partial charge in [-0.15, -0.1) is 11.3 Å². The Morgan fingerprint density at radius 3 is 2.95 bits per heavy atom. The number of hydrogen-bond acceptors (Lipinski definition) is 3. The van der Waals surface area contributed by atoms with Crippen molar-refractivity contribution in [2.24, 2.45) is 7.05 Å². The van der Waals surface area contributed by atoms with E-state index in [-0.39, 0.29) is 11.9 Å². The zero-order valence-corrected chi connectivity index (χ0v) is 13.6. The maximum absolute atomic E-state index is 12.8. The van der Waals surface area contributed by atoms with Gasteiger partial charge in [-0.25, -0.2) is 0 Å². The Balaban J connectivity index is 1.85. The van der Waals surface area contributed by atoms with Gasteiger partial charge in [-0.2, -0.15) is 5.10 Å². The molecule has 1 aliphatic rings. The third kappa shape index (κ3) is 2.62. The molecule has 1 aliphatic heterocycles. The van der Waals surface area contributed by atoms with Crippen molar-refractivity contribution in [1.82, 2.24) is 14.7 Å². The van der Waals surface area contributed by atoms with E-state index in [0.717, 1.165) is 36.2 Å². The van der Waals surface area contributed by atoms with Gasteiger partial charge in [0.25, 0.3) is 5.91 Å². The molecule has 2 aromatic heterocycles. The Labute approximate surface area is 129 Å². The van der Waals surface area contributed by atoms with Gasteiger partial charge in [-0.3, -0.25) is 9.48 Å². The molecule has 5 heteroatoms. The summed E-state index contributed by atoms with van der Waals surface area (Å²) in [5, 5.41) is 4.24. The Kier molecular flexibility index (Phi) is 3.85. The van der Waals surface area contributed by atoms with Crippen molar-refractivity contribution in [2.75, 3.05) is 6.54 Å². The molecule has 1 atom stereocenters. The predicted octanol–water partition coefficient (Wildman–Crippen LogP) is 3.33. The monoisotopic (exact) mass is 303 g/mol. The molecule has 1 fully saturated rings. The third-order valence-corrected chi connectivity index (χ3v) is 5.32. The van der Waals surface area contributed by atoms with E-state index in [1.54, 1.807) is 16.0 Å². The summed E-state index contributed by atoms with van der Waals surface area (Å²) in [5.74, 6) is 0.175. The van der Waals surface area contributed by atoms with Crippen molar-refractivity contribution in [3.63, 3.8) is 0 Å². The van der Waals surface area contributed by atoms with Crippen LogP contribution in [-0.2, 0) is 13.5 Å². The van der Waals surface area contributed by atoms with Crippen molar-refractivity contribution in [3.05, 3.63) is 39.3 Å². The van der Waals surface area contributed by atoms with Crippen molar-refractivity contribution < 1.29 is 4.79 Å². The van der Waals surface area contributed by atoms with E-state index < -0.39 is 0 Å². The largest absolute Gasteiger partial charge is 0.331 e. The molecular formula is C16H21N3OS. The number of carbonyl (C=O) groups excluding carboxylic acids is 1. The van der Waals surface area contributed by atoms with Crippen molar-refractivity contribution in [2.45, 2.75) is 39.2 Å². The van der Waals surface area contributed by atoms with Crippen LogP contribution in [0.3, 0.4) is 0 Å². The lowest BCUT2D eigenvalue weighted by Gasteiger charge is -2.23. The molecule has 0 aromatic carbocycles. The summed E-state index contributed by atoms with van der Waals surface area (Å²) in [4.78, 5) is 17.0. The van der Waals surface area contributed by atoms with Crippen LogP contribution in [0.4, 0.5) is 0 Å². The number of amides is 1. The van der Waals surface area contributed by atoms with Gasteiger partial charge < -0.3 is 4.90 Å². The molecule has 0 N–H and O–H groups in total. The Bertz CT molecular complexity index is 658. The number of aromatic nitrogens is 2. The molecule has 4 nitrogen and oxygen atoms in total. The van der Waals surface area contributed by atoms with E-state index >= 15 is 0 Å². The summed E-state index contributed by atoms with van der Waals surface area (Å²) in [5.41, 5.74) is 2.44. The van der Waals surface area contributed by atoms with Crippen LogP contribution >= 0.6 is 11.3 Å². The van der Waals surface area contributed by atoms with E-state index in [1.165, 1.54) is 10.4 Å². The number of rotatable bonds is 3. The number of thiophene rings is 1. The Morgan fingerprint density at radius 1 is 1.52 bits per heavy atom. The number of hydrogen-bond donors (Lipinski definition) is 0. The van der Waals surface area contributed by atoms with Crippen LogP contribution in [0.15, 0.2) is 18.5 Å². The van der Waals surface area contributed by atoms with Gasteiger partial charge in [0, 0.05) is 30.2 Å².